The minimum atomic E-state index is -1.07. The van der Waals surface area contributed by atoms with E-state index in [0.717, 1.165) is 30.9 Å². The number of rotatable bonds is 6. The highest BCUT2D eigenvalue weighted by Gasteiger charge is 2.35. The maximum Gasteiger partial charge on any atom is 0.404 e. The first-order valence-corrected chi connectivity index (χ1v) is 13.0. The maximum absolute atomic E-state index is 14.0. The number of piperazine rings is 1. The van der Waals surface area contributed by atoms with E-state index >= 15 is 0 Å². The van der Waals surface area contributed by atoms with Crippen molar-refractivity contribution in [3.05, 3.63) is 77.8 Å². The van der Waals surface area contributed by atoms with E-state index in [4.69, 9.17) is 0 Å². The van der Waals surface area contributed by atoms with Gasteiger partial charge < -0.3 is 25.2 Å². The number of nitrogens with one attached hydrogen (secondary N) is 2. The van der Waals surface area contributed by atoms with E-state index in [2.05, 4.69) is 15.6 Å². The highest BCUT2D eigenvalue weighted by molar-refractivity contribution is 5.98. The molecule has 3 atom stereocenters. The molecule has 2 aliphatic rings. The normalized spacial score (nSPS) is 21.7. The molecule has 0 unspecified atom stereocenters. The number of carboxylic acid groups (broad SMARTS) is 1. The zero-order valence-corrected chi connectivity index (χ0v) is 20.9. The van der Waals surface area contributed by atoms with Crippen molar-refractivity contribution in [3.63, 3.8) is 0 Å². The molecule has 8 nitrogen and oxygen atoms in total. The fourth-order valence-corrected chi connectivity index (χ4v) is 5.71. The van der Waals surface area contributed by atoms with Crippen LogP contribution in [0.15, 0.2) is 54.9 Å². The van der Waals surface area contributed by atoms with Crippen LogP contribution < -0.4 is 10.6 Å². The number of carbonyl (C=O) groups excluding carboxylic acids is 1. The van der Waals surface area contributed by atoms with Gasteiger partial charge in [-0.05, 0) is 37.0 Å². The number of hydrogen-bond acceptors (Lipinski definition) is 4. The van der Waals surface area contributed by atoms with Crippen molar-refractivity contribution in [1.82, 2.24) is 25.1 Å². The molecule has 1 aliphatic heterocycles. The number of nitrogens with zero attached hydrogens (tertiary/aromatic N) is 3. The van der Waals surface area contributed by atoms with Gasteiger partial charge in [-0.25, -0.2) is 18.6 Å². The molecule has 2 heterocycles. The molecule has 200 valence electrons. The molecule has 1 saturated carbocycles. The summed E-state index contributed by atoms with van der Waals surface area (Å²) in [6.45, 7) is 1.56. The molecule has 10 heteroatoms. The van der Waals surface area contributed by atoms with Crippen LogP contribution in [-0.2, 0) is 6.42 Å². The second kappa shape index (κ2) is 11.3. The van der Waals surface area contributed by atoms with Crippen LogP contribution in [-0.4, -0.2) is 63.3 Å². The first-order valence-electron chi connectivity index (χ1n) is 13.0. The van der Waals surface area contributed by atoms with Crippen LogP contribution in [0.3, 0.4) is 0 Å². The number of benzene rings is 2. The van der Waals surface area contributed by atoms with E-state index < -0.39 is 17.7 Å². The number of hydrogen-bond donors (Lipinski definition) is 3. The van der Waals surface area contributed by atoms with Crippen LogP contribution in [0.25, 0.3) is 11.3 Å². The number of carbonyl (C=O) groups is 2. The standard InChI is InChI=1S/C28H31F2N5O3/c29-21-11-10-18(15-22(21)30)14-20-16-31-12-13-34(20)27(36)25-26(19-6-2-1-3-7-19)35(17-32-25)24-9-5-4-8-23(24)33-28(37)38/h1-3,6-7,10-11,15,17,20,23-24,31,33H,4-5,8-9,12-14,16H2,(H,37,38)/t20-,23+,24+/m1/s1. The van der Waals surface area contributed by atoms with Crippen LogP contribution in [0.4, 0.5) is 13.6 Å². The lowest BCUT2D eigenvalue weighted by atomic mass is 9.89. The summed E-state index contributed by atoms with van der Waals surface area (Å²) < 4.78 is 29.3. The van der Waals surface area contributed by atoms with Crippen molar-refractivity contribution in [2.45, 2.75) is 50.2 Å². The van der Waals surface area contributed by atoms with E-state index in [1.165, 1.54) is 6.07 Å². The highest BCUT2D eigenvalue weighted by Crippen LogP contribution is 2.35. The first kappa shape index (κ1) is 25.8. The van der Waals surface area contributed by atoms with Gasteiger partial charge in [-0.15, -0.1) is 0 Å². The van der Waals surface area contributed by atoms with E-state index in [1.54, 1.807) is 17.3 Å². The zero-order chi connectivity index (χ0) is 26.6. The Labute approximate surface area is 219 Å². The molecule has 5 rings (SSSR count). The Morgan fingerprint density at radius 1 is 1.08 bits per heavy atom. The smallest absolute Gasteiger partial charge is 0.404 e. The van der Waals surface area contributed by atoms with Gasteiger partial charge in [0.2, 0.25) is 0 Å². The van der Waals surface area contributed by atoms with Gasteiger partial charge in [0.05, 0.1) is 24.1 Å². The number of aromatic nitrogens is 2. The van der Waals surface area contributed by atoms with Crippen molar-refractivity contribution >= 4 is 12.0 Å². The minimum Gasteiger partial charge on any atom is -0.465 e. The molecule has 0 radical (unpaired) electrons. The fraction of sp³-hybridized carbons (Fsp3) is 0.393. The third-order valence-corrected chi connectivity index (χ3v) is 7.51. The number of imidazole rings is 1. The van der Waals surface area contributed by atoms with Crippen molar-refractivity contribution in [1.29, 1.82) is 0 Å². The predicted molar refractivity (Wildman–Crippen MR) is 138 cm³/mol. The van der Waals surface area contributed by atoms with Gasteiger partial charge in [0.1, 0.15) is 0 Å². The Bertz CT molecular complexity index is 1300. The quantitative estimate of drug-likeness (QED) is 0.449. The van der Waals surface area contributed by atoms with E-state index in [1.807, 2.05) is 34.9 Å². The summed E-state index contributed by atoms with van der Waals surface area (Å²) in [5.41, 5.74) is 2.38. The summed E-state index contributed by atoms with van der Waals surface area (Å²) in [5.74, 6) is -2.05. The van der Waals surface area contributed by atoms with Gasteiger partial charge in [0.25, 0.3) is 5.91 Å². The Morgan fingerprint density at radius 2 is 1.87 bits per heavy atom. The SMILES string of the molecule is O=C(O)N[C@H]1CCCC[C@@H]1n1cnc(C(=O)N2CCNC[C@H]2Cc2ccc(F)c(F)c2)c1-c1ccccc1. The second-order valence-corrected chi connectivity index (χ2v) is 9.93. The van der Waals surface area contributed by atoms with Crippen LogP contribution >= 0.6 is 0 Å². The molecule has 1 aliphatic carbocycles. The molecule has 3 N–H and O–H groups in total. The van der Waals surface area contributed by atoms with Gasteiger partial charge in [-0.3, -0.25) is 4.79 Å². The molecule has 38 heavy (non-hydrogen) atoms. The highest BCUT2D eigenvalue weighted by atomic mass is 19.2. The van der Waals surface area contributed by atoms with Crippen molar-refractivity contribution in [2.75, 3.05) is 19.6 Å². The van der Waals surface area contributed by atoms with E-state index in [9.17, 15) is 23.5 Å². The molecule has 1 saturated heterocycles. The topological polar surface area (TPSA) is 99.5 Å². The lowest BCUT2D eigenvalue weighted by molar-refractivity contribution is 0.0631. The monoisotopic (exact) mass is 523 g/mol. The van der Waals surface area contributed by atoms with Gasteiger partial charge >= 0.3 is 6.09 Å². The molecule has 2 aromatic carbocycles. The van der Waals surface area contributed by atoms with E-state index in [-0.39, 0.29) is 24.0 Å². The Morgan fingerprint density at radius 3 is 2.63 bits per heavy atom. The lowest BCUT2D eigenvalue weighted by Crippen LogP contribution is -2.54. The van der Waals surface area contributed by atoms with Gasteiger partial charge in [-0.1, -0.05) is 49.2 Å². The Hall–Kier alpha value is -3.79. The second-order valence-electron chi connectivity index (χ2n) is 9.93. The lowest BCUT2D eigenvalue weighted by Gasteiger charge is -2.36. The zero-order valence-electron chi connectivity index (χ0n) is 20.9. The summed E-state index contributed by atoms with van der Waals surface area (Å²) in [4.78, 5) is 31.9. The van der Waals surface area contributed by atoms with Crippen LogP contribution in [0.2, 0.25) is 0 Å². The van der Waals surface area contributed by atoms with E-state index in [0.29, 0.717) is 49.4 Å². The maximum atomic E-state index is 14.0. The summed E-state index contributed by atoms with van der Waals surface area (Å²) in [7, 11) is 0. The van der Waals surface area contributed by atoms with Crippen LogP contribution in [0.1, 0.15) is 47.8 Å². The Kier molecular flexibility index (Phi) is 7.69. The summed E-state index contributed by atoms with van der Waals surface area (Å²) in [5, 5.41) is 15.4. The number of amides is 2. The minimum absolute atomic E-state index is 0.176. The number of halogens is 2. The molecular formula is C28H31F2N5O3. The molecular weight excluding hydrogens is 492 g/mol. The van der Waals surface area contributed by atoms with Gasteiger partial charge in [-0.2, -0.15) is 0 Å². The van der Waals surface area contributed by atoms with Gasteiger partial charge in [0.15, 0.2) is 17.3 Å². The molecule has 1 aromatic heterocycles. The average Bonchev–Trinajstić information content (AvgIpc) is 3.36. The Balaban J connectivity index is 1.50. The predicted octanol–water partition coefficient (Wildman–Crippen LogP) is 4.24. The summed E-state index contributed by atoms with van der Waals surface area (Å²) in [6, 6.07) is 12.6. The average molecular weight is 524 g/mol. The summed E-state index contributed by atoms with van der Waals surface area (Å²) in [6.07, 6.45) is 4.29. The van der Waals surface area contributed by atoms with Crippen molar-refractivity contribution in [2.24, 2.45) is 0 Å². The van der Waals surface area contributed by atoms with Crippen LogP contribution in [0.5, 0.6) is 0 Å². The fourth-order valence-electron chi connectivity index (χ4n) is 5.71. The van der Waals surface area contributed by atoms with Crippen LogP contribution in [0, 0.1) is 11.6 Å². The third kappa shape index (κ3) is 5.40. The molecule has 2 amide bonds. The molecule has 0 bridgehead atoms. The van der Waals surface area contributed by atoms with Crippen molar-refractivity contribution < 1.29 is 23.5 Å². The molecule has 2 fully saturated rings. The molecule has 3 aromatic rings. The third-order valence-electron chi connectivity index (χ3n) is 7.51. The van der Waals surface area contributed by atoms with Gasteiger partial charge in [0, 0.05) is 31.2 Å². The summed E-state index contributed by atoms with van der Waals surface area (Å²) >= 11 is 0. The largest absolute Gasteiger partial charge is 0.465 e. The molecule has 0 spiro atoms. The first-order chi connectivity index (χ1) is 18.4. The van der Waals surface area contributed by atoms with Crippen molar-refractivity contribution in [3.8, 4) is 11.3 Å².